The maximum Gasteiger partial charge on any atom is 0.227 e. The highest BCUT2D eigenvalue weighted by Gasteiger charge is 2.28. The molecule has 7 nitrogen and oxygen atoms in total. The minimum Gasteiger partial charge on any atom is -0.507 e. The summed E-state index contributed by atoms with van der Waals surface area (Å²) in [5, 5.41) is 14.7. The SMILES string of the molecule is Oc1ccccc1-c1nc(N2CCOCC2)c2onc(C3CCCC3)c2n1. The van der Waals surface area contributed by atoms with Gasteiger partial charge >= 0.3 is 0 Å². The highest BCUT2D eigenvalue weighted by molar-refractivity contribution is 5.88. The molecule has 1 saturated carbocycles. The quantitative estimate of drug-likeness (QED) is 0.759. The zero-order valence-electron chi connectivity index (χ0n) is 15.1. The minimum absolute atomic E-state index is 0.170. The van der Waals surface area contributed by atoms with Crippen LogP contribution in [0.5, 0.6) is 5.75 Å². The van der Waals surface area contributed by atoms with Crippen molar-refractivity contribution in [2.45, 2.75) is 31.6 Å². The number of hydrogen-bond donors (Lipinski definition) is 1. The largest absolute Gasteiger partial charge is 0.507 e. The van der Waals surface area contributed by atoms with Crippen LogP contribution in [-0.4, -0.2) is 46.5 Å². The summed E-state index contributed by atoms with van der Waals surface area (Å²) in [5.41, 5.74) is 2.96. The first kappa shape index (κ1) is 16.5. The van der Waals surface area contributed by atoms with Crippen molar-refractivity contribution in [1.82, 2.24) is 15.1 Å². The van der Waals surface area contributed by atoms with E-state index in [9.17, 15) is 5.11 Å². The maximum absolute atomic E-state index is 10.3. The van der Waals surface area contributed by atoms with Gasteiger partial charge in [-0.25, -0.2) is 9.97 Å². The third kappa shape index (κ3) is 2.92. The van der Waals surface area contributed by atoms with Crippen LogP contribution >= 0.6 is 0 Å². The second-order valence-corrected chi connectivity index (χ2v) is 7.21. The van der Waals surface area contributed by atoms with Crippen LogP contribution in [0.2, 0.25) is 0 Å². The van der Waals surface area contributed by atoms with Crippen LogP contribution in [-0.2, 0) is 4.74 Å². The fourth-order valence-electron chi connectivity index (χ4n) is 4.07. The normalized spacial score (nSPS) is 18.4. The van der Waals surface area contributed by atoms with Gasteiger partial charge in [0, 0.05) is 19.0 Å². The van der Waals surface area contributed by atoms with E-state index in [2.05, 4.69) is 10.1 Å². The average molecular weight is 366 g/mol. The summed E-state index contributed by atoms with van der Waals surface area (Å²) in [6.07, 6.45) is 4.66. The maximum atomic E-state index is 10.3. The van der Waals surface area contributed by atoms with E-state index in [1.54, 1.807) is 12.1 Å². The number of aromatic hydroxyl groups is 1. The van der Waals surface area contributed by atoms with Crippen LogP contribution in [0.1, 0.15) is 37.3 Å². The van der Waals surface area contributed by atoms with Crippen molar-refractivity contribution in [3.05, 3.63) is 30.0 Å². The molecule has 1 aliphatic carbocycles. The number of ether oxygens (including phenoxy) is 1. The smallest absolute Gasteiger partial charge is 0.227 e. The van der Waals surface area contributed by atoms with E-state index in [1.165, 1.54) is 12.8 Å². The average Bonchev–Trinajstić information content (AvgIpc) is 3.38. The Kier molecular flexibility index (Phi) is 4.16. The molecular formula is C20H22N4O3. The number of phenols is 1. The van der Waals surface area contributed by atoms with Crippen LogP contribution in [0.25, 0.3) is 22.5 Å². The molecule has 2 aliphatic rings. The lowest BCUT2D eigenvalue weighted by Crippen LogP contribution is -2.37. The number of anilines is 1. The zero-order valence-corrected chi connectivity index (χ0v) is 15.1. The molecule has 140 valence electrons. The molecule has 1 aromatic carbocycles. The highest BCUT2D eigenvalue weighted by atomic mass is 16.5. The molecule has 5 rings (SSSR count). The van der Waals surface area contributed by atoms with Gasteiger partial charge in [0.15, 0.2) is 11.6 Å². The van der Waals surface area contributed by atoms with Gasteiger partial charge in [-0.05, 0) is 25.0 Å². The molecule has 1 saturated heterocycles. The van der Waals surface area contributed by atoms with E-state index in [4.69, 9.17) is 19.2 Å². The minimum atomic E-state index is 0.170. The van der Waals surface area contributed by atoms with Crippen LogP contribution < -0.4 is 4.90 Å². The molecule has 3 heterocycles. The fourth-order valence-corrected chi connectivity index (χ4v) is 4.07. The highest BCUT2D eigenvalue weighted by Crippen LogP contribution is 2.39. The summed E-state index contributed by atoms with van der Waals surface area (Å²) in [5.74, 6) is 1.79. The molecule has 2 aromatic heterocycles. The molecule has 0 bridgehead atoms. The van der Waals surface area contributed by atoms with E-state index in [0.717, 1.165) is 43.0 Å². The van der Waals surface area contributed by atoms with Crippen molar-refractivity contribution in [2.24, 2.45) is 0 Å². The van der Waals surface area contributed by atoms with Crippen molar-refractivity contribution in [1.29, 1.82) is 0 Å². The third-order valence-electron chi connectivity index (χ3n) is 5.52. The predicted molar refractivity (Wildman–Crippen MR) is 101 cm³/mol. The Balaban J connectivity index is 1.70. The molecule has 0 spiro atoms. The van der Waals surface area contributed by atoms with Crippen molar-refractivity contribution >= 4 is 16.9 Å². The summed E-state index contributed by atoms with van der Waals surface area (Å²) in [4.78, 5) is 11.7. The van der Waals surface area contributed by atoms with E-state index in [1.807, 2.05) is 12.1 Å². The Labute approximate surface area is 157 Å². The number of morpholine rings is 1. The summed E-state index contributed by atoms with van der Waals surface area (Å²) in [6, 6.07) is 7.16. The molecule has 0 atom stereocenters. The number of fused-ring (bicyclic) bond motifs is 1. The van der Waals surface area contributed by atoms with Gasteiger partial charge in [0.2, 0.25) is 5.58 Å². The second kappa shape index (κ2) is 6.81. The Bertz CT molecular complexity index is 959. The lowest BCUT2D eigenvalue weighted by atomic mass is 10.0. The van der Waals surface area contributed by atoms with Crippen molar-refractivity contribution in [2.75, 3.05) is 31.2 Å². The summed E-state index contributed by atoms with van der Waals surface area (Å²) >= 11 is 0. The van der Waals surface area contributed by atoms with E-state index < -0.39 is 0 Å². The first-order valence-electron chi connectivity index (χ1n) is 9.59. The van der Waals surface area contributed by atoms with E-state index >= 15 is 0 Å². The molecule has 27 heavy (non-hydrogen) atoms. The standard InChI is InChI=1S/C20H22N4O3/c25-15-8-4-3-7-14(15)19-21-17-16(13-5-1-2-6-13)23-27-18(17)20(22-19)24-9-11-26-12-10-24/h3-4,7-8,13,25H,1-2,5-6,9-12H2. The fraction of sp³-hybridized carbons (Fsp3) is 0.450. The number of para-hydroxylation sites is 1. The number of phenolic OH excluding ortho intramolecular Hbond substituents is 1. The van der Waals surface area contributed by atoms with Gasteiger partial charge in [-0.1, -0.05) is 30.1 Å². The molecule has 3 aromatic rings. The Morgan fingerprint density at radius 2 is 1.81 bits per heavy atom. The predicted octanol–water partition coefficient (Wildman–Crippen LogP) is 3.48. The van der Waals surface area contributed by atoms with E-state index in [0.29, 0.717) is 36.1 Å². The Hall–Kier alpha value is -2.67. The van der Waals surface area contributed by atoms with Gasteiger partial charge in [-0.3, -0.25) is 0 Å². The number of hydrogen-bond acceptors (Lipinski definition) is 7. The summed E-state index contributed by atoms with van der Waals surface area (Å²) in [7, 11) is 0. The number of benzene rings is 1. The molecule has 2 fully saturated rings. The van der Waals surface area contributed by atoms with Crippen molar-refractivity contribution in [3.8, 4) is 17.1 Å². The van der Waals surface area contributed by atoms with Crippen LogP contribution in [0.4, 0.5) is 5.82 Å². The van der Waals surface area contributed by atoms with Gasteiger partial charge in [0.1, 0.15) is 17.0 Å². The van der Waals surface area contributed by atoms with Gasteiger partial charge in [0.05, 0.1) is 18.8 Å². The molecule has 0 amide bonds. The van der Waals surface area contributed by atoms with E-state index in [-0.39, 0.29) is 5.75 Å². The first-order chi connectivity index (χ1) is 13.3. The molecule has 0 radical (unpaired) electrons. The van der Waals surface area contributed by atoms with Crippen LogP contribution in [0.3, 0.4) is 0 Å². The van der Waals surface area contributed by atoms with Crippen LogP contribution in [0.15, 0.2) is 28.8 Å². The zero-order chi connectivity index (χ0) is 18.2. The second-order valence-electron chi connectivity index (χ2n) is 7.21. The van der Waals surface area contributed by atoms with Crippen molar-refractivity contribution in [3.63, 3.8) is 0 Å². The van der Waals surface area contributed by atoms with Crippen LogP contribution in [0, 0.1) is 0 Å². The molecular weight excluding hydrogens is 344 g/mol. The molecule has 1 N–H and O–H groups in total. The Morgan fingerprint density at radius 1 is 1.04 bits per heavy atom. The van der Waals surface area contributed by atoms with Gasteiger partial charge in [-0.15, -0.1) is 0 Å². The first-order valence-corrected chi connectivity index (χ1v) is 9.59. The lowest BCUT2D eigenvalue weighted by molar-refractivity contribution is 0.122. The van der Waals surface area contributed by atoms with Gasteiger partial charge in [-0.2, -0.15) is 0 Å². The monoisotopic (exact) mass is 366 g/mol. The van der Waals surface area contributed by atoms with Gasteiger partial charge < -0.3 is 19.3 Å². The molecule has 1 aliphatic heterocycles. The summed E-state index contributed by atoms with van der Waals surface area (Å²) in [6.45, 7) is 2.79. The third-order valence-corrected chi connectivity index (χ3v) is 5.52. The molecule has 7 heteroatoms. The van der Waals surface area contributed by atoms with Gasteiger partial charge in [0.25, 0.3) is 0 Å². The van der Waals surface area contributed by atoms with Crippen molar-refractivity contribution < 1.29 is 14.4 Å². The number of aromatic nitrogens is 3. The Morgan fingerprint density at radius 3 is 2.59 bits per heavy atom. The number of rotatable bonds is 3. The lowest BCUT2D eigenvalue weighted by Gasteiger charge is -2.27. The summed E-state index contributed by atoms with van der Waals surface area (Å²) < 4.78 is 11.2. The number of nitrogens with zero attached hydrogens (tertiary/aromatic N) is 4. The molecule has 0 unspecified atom stereocenters. The topological polar surface area (TPSA) is 84.5 Å².